The van der Waals surface area contributed by atoms with Crippen molar-refractivity contribution in [1.82, 2.24) is 4.90 Å². The Morgan fingerprint density at radius 2 is 1.41 bits per heavy atom. The lowest BCUT2D eigenvalue weighted by atomic mass is 10.0. The fraction of sp³-hybridized carbons (Fsp3) is 0.720. The molecular formula is C25H41NO. The van der Waals surface area contributed by atoms with Crippen molar-refractivity contribution < 1.29 is 4.79 Å². The van der Waals surface area contributed by atoms with E-state index in [1.165, 1.54) is 96.3 Å². The Morgan fingerprint density at radius 1 is 0.852 bits per heavy atom. The summed E-state index contributed by atoms with van der Waals surface area (Å²) in [5, 5.41) is 0. The lowest BCUT2D eigenvalue weighted by Gasteiger charge is -2.25. The van der Waals surface area contributed by atoms with Gasteiger partial charge in [-0.2, -0.15) is 0 Å². The molecule has 1 aliphatic rings. The summed E-state index contributed by atoms with van der Waals surface area (Å²) in [6, 6.07) is 10.3. The van der Waals surface area contributed by atoms with Crippen LogP contribution in [-0.2, 0) is 0 Å². The number of hydrogen-bond acceptors (Lipinski definition) is 1. The molecule has 1 amide bonds. The highest BCUT2D eigenvalue weighted by Gasteiger charge is 2.28. The number of rotatable bonds is 14. The summed E-state index contributed by atoms with van der Waals surface area (Å²) in [4.78, 5) is 14.8. The van der Waals surface area contributed by atoms with Gasteiger partial charge < -0.3 is 4.90 Å². The van der Waals surface area contributed by atoms with E-state index >= 15 is 0 Å². The van der Waals surface area contributed by atoms with Crippen molar-refractivity contribution in [3.8, 4) is 0 Å². The van der Waals surface area contributed by atoms with Gasteiger partial charge >= 0.3 is 0 Å². The predicted octanol–water partition coefficient (Wildman–Crippen LogP) is 7.38. The average Bonchev–Trinajstić information content (AvgIpc) is 3.17. The maximum atomic E-state index is 12.7. The summed E-state index contributed by atoms with van der Waals surface area (Å²) >= 11 is 0. The second-order valence-corrected chi connectivity index (χ2v) is 8.34. The van der Waals surface area contributed by atoms with E-state index < -0.39 is 0 Å². The zero-order valence-corrected chi connectivity index (χ0v) is 17.6. The first kappa shape index (κ1) is 22.0. The highest BCUT2D eigenvalue weighted by atomic mass is 16.2. The van der Waals surface area contributed by atoms with Crippen LogP contribution in [0.15, 0.2) is 30.3 Å². The number of carbonyl (C=O) groups is 1. The predicted molar refractivity (Wildman–Crippen MR) is 116 cm³/mol. The van der Waals surface area contributed by atoms with Gasteiger partial charge in [0.2, 0.25) is 0 Å². The number of nitrogens with zero attached hydrogens (tertiary/aromatic N) is 1. The molecule has 0 N–H and O–H groups in total. The van der Waals surface area contributed by atoms with Gasteiger partial charge in [0.25, 0.3) is 5.91 Å². The maximum absolute atomic E-state index is 12.7. The molecule has 1 atom stereocenters. The average molecular weight is 372 g/mol. The zero-order chi connectivity index (χ0) is 19.2. The van der Waals surface area contributed by atoms with Gasteiger partial charge in [-0.3, -0.25) is 4.79 Å². The number of hydrogen-bond donors (Lipinski definition) is 0. The molecule has 0 unspecified atom stereocenters. The molecule has 1 fully saturated rings. The summed E-state index contributed by atoms with van der Waals surface area (Å²) in [5.41, 5.74) is 0.846. The molecule has 0 saturated carbocycles. The summed E-state index contributed by atoms with van der Waals surface area (Å²) in [6.45, 7) is 3.22. The second-order valence-electron chi connectivity index (χ2n) is 8.34. The monoisotopic (exact) mass is 371 g/mol. The molecule has 27 heavy (non-hydrogen) atoms. The Labute approximate surface area is 167 Å². The zero-order valence-electron chi connectivity index (χ0n) is 17.6. The molecule has 2 rings (SSSR count). The van der Waals surface area contributed by atoms with Crippen LogP contribution in [0.5, 0.6) is 0 Å². The van der Waals surface area contributed by atoms with Crippen LogP contribution in [0, 0.1) is 0 Å². The standard InChI is InChI=1S/C25H41NO/c1-2-3-4-5-6-7-8-9-10-11-12-16-20-24-21-17-22-26(24)25(27)23-18-14-13-15-19-23/h13-15,18-19,24H,2-12,16-17,20-22H2,1H3/t24-/m1/s1. The van der Waals surface area contributed by atoms with Crippen molar-refractivity contribution in [3.05, 3.63) is 35.9 Å². The number of benzene rings is 1. The van der Waals surface area contributed by atoms with Crippen molar-refractivity contribution in [2.45, 2.75) is 109 Å². The van der Waals surface area contributed by atoms with E-state index in [0.717, 1.165) is 12.1 Å². The Morgan fingerprint density at radius 3 is 2.00 bits per heavy atom. The van der Waals surface area contributed by atoms with Crippen molar-refractivity contribution in [1.29, 1.82) is 0 Å². The molecule has 1 aromatic carbocycles. The largest absolute Gasteiger partial charge is 0.336 e. The van der Waals surface area contributed by atoms with Crippen LogP contribution in [0.4, 0.5) is 0 Å². The minimum atomic E-state index is 0.233. The van der Waals surface area contributed by atoms with Crippen LogP contribution in [0.25, 0.3) is 0 Å². The summed E-state index contributed by atoms with van der Waals surface area (Å²) in [5.74, 6) is 0.233. The van der Waals surface area contributed by atoms with Crippen molar-refractivity contribution in [2.24, 2.45) is 0 Å². The van der Waals surface area contributed by atoms with Gasteiger partial charge in [0.1, 0.15) is 0 Å². The van der Waals surface area contributed by atoms with Crippen LogP contribution in [-0.4, -0.2) is 23.4 Å². The summed E-state index contributed by atoms with van der Waals surface area (Å²) in [6.07, 6.45) is 20.3. The molecule has 2 heteroatoms. The maximum Gasteiger partial charge on any atom is 0.254 e. The molecule has 0 radical (unpaired) electrons. The lowest BCUT2D eigenvalue weighted by molar-refractivity contribution is 0.0728. The topological polar surface area (TPSA) is 20.3 Å². The molecule has 1 aromatic rings. The van der Waals surface area contributed by atoms with E-state index in [2.05, 4.69) is 11.8 Å². The van der Waals surface area contributed by atoms with Gasteiger partial charge in [0.15, 0.2) is 0 Å². The van der Waals surface area contributed by atoms with E-state index in [-0.39, 0.29) is 5.91 Å². The molecule has 0 spiro atoms. The molecule has 0 bridgehead atoms. The third kappa shape index (κ3) is 8.49. The number of carbonyl (C=O) groups excluding carboxylic acids is 1. The van der Waals surface area contributed by atoms with Crippen LogP contribution in [0.2, 0.25) is 0 Å². The van der Waals surface area contributed by atoms with Gasteiger partial charge in [-0.15, -0.1) is 0 Å². The van der Waals surface area contributed by atoms with Crippen molar-refractivity contribution >= 4 is 5.91 Å². The molecule has 0 aliphatic carbocycles. The molecular weight excluding hydrogens is 330 g/mol. The fourth-order valence-electron chi connectivity index (χ4n) is 4.37. The highest BCUT2D eigenvalue weighted by Crippen LogP contribution is 2.24. The van der Waals surface area contributed by atoms with E-state index in [1.54, 1.807) is 0 Å². The van der Waals surface area contributed by atoms with Crippen LogP contribution in [0.3, 0.4) is 0 Å². The first-order valence-electron chi connectivity index (χ1n) is 11.7. The molecule has 1 aliphatic heterocycles. The molecule has 0 aromatic heterocycles. The first-order chi connectivity index (χ1) is 13.3. The van der Waals surface area contributed by atoms with Gasteiger partial charge in [-0.1, -0.05) is 102 Å². The molecule has 2 nitrogen and oxygen atoms in total. The Balaban J connectivity index is 1.49. The fourth-order valence-corrected chi connectivity index (χ4v) is 4.37. The van der Waals surface area contributed by atoms with E-state index in [4.69, 9.17) is 0 Å². The lowest BCUT2D eigenvalue weighted by Crippen LogP contribution is -2.35. The second kappa shape index (κ2) is 13.8. The smallest absolute Gasteiger partial charge is 0.254 e. The van der Waals surface area contributed by atoms with Gasteiger partial charge in [-0.05, 0) is 31.4 Å². The number of likely N-dealkylation sites (tertiary alicyclic amines) is 1. The Kier molecular flexibility index (Phi) is 11.2. The van der Waals surface area contributed by atoms with Crippen molar-refractivity contribution in [3.63, 3.8) is 0 Å². The third-order valence-corrected chi connectivity index (χ3v) is 6.05. The first-order valence-corrected chi connectivity index (χ1v) is 11.7. The van der Waals surface area contributed by atoms with Gasteiger partial charge in [0.05, 0.1) is 0 Å². The van der Waals surface area contributed by atoms with Gasteiger partial charge in [-0.25, -0.2) is 0 Å². The van der Waals surface area contributed by atoms with Crippen molar-refractivity contribution in [2.75, 3.05) is 6.54 Å². The minimum Gasteiger partial charge on any atom is -0.336 e. The van der Waals surface area contributed by atoms with E-state index in [1.807, 2.05) is 30.3 Å². The normalized spacial score (nSPS) is 16.8. The quantitative estimate of drug-likeness (QED) is 0.312. The van der Waals surface area contributed by atoms with E-state index in [0.29, 0.717) is 6.04 Å². The summed E-state index contributed by atoms with van der Waals surface area (Å²) < 4.78 is 0. The third-order valence-electron chi connectivity index (χ3n) is 6.05. The highest BCUT2D eigenvalue weighted by molar-refractivity contribution is 5.94. The SMILES string of the molecule is CCCCCCCCCCCCCC[C@@H]1CCCN1C(=O)c1ccccc1. The Hall–Kier alpha value is -1.31. The molecule has 152 valence electrons. The van der Waals surface area contributed by atoms with E-state index in [9.17, 15) is 4.79 Å². The van der Waals surface area contributed by atoms with Crippen LogP contribution >= 0.6 is 0 Å². The summed E-state index contributed by atoms with van der Waals surface area (Å²) in [7, 11) is 0. The Bertz CT molecular complexity index is 498. The minimum absolute atomic E-state index is 0.233. The number of unbranched alkanes of at least 4 members (excludes halogenated alkanes) is 11. The number of amides is 1. The van der Waals surface area contributed by atoms with Gasteiger partial charge in [0, 0.05) is 18.2 Å². The van der Waals surface area contributed by atoms with Crippen LogP contribution in [0.1, 0.15) is 114 Å². The molecule has 1 saturated heterocycles. The molecule has 1 heterocycles. The van der Waals surface area contributed by atoms with Crippen LogP contribution < -0.4 is 0 Å².